The molecule has 0 bridgehead atoms. The van der Waals surface area contributed by atoms with Gasteiger partial charge in [0.1, 0.15) is 12.1 Å². The van der Waals surface area contributed by atoms with Crippen molar-refractivity contribution < 1.29 is 24.2 Å². The summed E-state index contributed by atoms with van der Waals surface area (Å²) in [4.78, 5) is 33.5. The van der Waals surface area contributed by atoms with Crippen molar-refractivity contribution in [2.75, 3.05) is 20.2 Å². The normalized spacial score (nSPS) is 11.4. The maximum absolute atomic E-state index is 11.3. The fourth-order valence-electron chi connectivity index (χ4n) is 1.05. The summed E-state index contributed by atoms with van der Waals surface area (Å²) in [6.45, 7) is 8.42. The van der Waals surface area contributed by atoms with Gasteiger partial charge < -0.3 is 24.9 Å². The van der Waals surface area contributed by atoms with Crippen LogP contribution in [-0.2, 0) is 14.3 Å². The van der Waals surface area contributed by atoms with Gasteiger partial charge >= 0.3 is 12.1 Å². The number of likely N-dealkylation sites (N-methyl/N-ethyl adjacent to an activating group) is 1. The Morgan fingerprint density at radius 1 is 1.50 bits per heavy atom. The standard InChI is InChI=1S/C10H15N2O5.C2H6.Fm/c1-4-5-17-9(16)12(3)6-10(2,8(14)15)11-7-13;1-2;/h4H,1,5-6H2,2-3H3,(H,11,13)(H,14,15);1-2H3;/q-1;;/t10-;;/m0../s1. The second-order valence-electron chi connectivity index (χ2n) is 3.59. The molecule has 0 unspecified atom stereocenters. The number of carbonyl (C=O) groups is 2. The predicted octanol–water partition coefficient (Wildman–Crippen LogP) is 0.767. The number of nitrogens with one attached hydrogen (secondary N) is 1. The molecule has 0 aromatic carbocycles. The molecular formula is C12H21FmN2O5-. The van der Waals surface area contributed by atoms with E-state index in [4.69, 9.17) is 9.84 Å². The molecule has 0 aromatic heterocycles. The average Bonchev–Trinajstić information content (AvgIpc) is 2.38. The molecule has 0 aromatic rings. The van der Waals surface area contributed by atoms with E-state index in [2.05, 4.69) is 6.58 Å². The molecule has 0 aliphatic heterocycles. The van der Waals surface area contributed by atoms with Crippen molar-refractivity contribution in [3.63, 3.8) is 0 Å². The Morgan fingerprint density at radius 3 is 2.35 bits per heavy atom. The minimum atomic E-state index is -1.61. The SMILES string of the molecule is C=CCOC(=O)N(C)C[C@](C)(N[C-]=O)C(=O)O.CC.[Fm]. The van der Waals surface area contributed by atoms with Crippen LogP contribution in [0.3, 0.4) is 0 Å². The Balaban J connectivity index is -0.000000916. The summed E-state index contributed by atoms with van der Waals surface area (Å²) in [5, 5.41) is 11.0. The monoisotopic (exact) mass is 530 g/mol. The number of carbonyl (C=O) groups excluding carboxylic acids is 2. The number of hydrogen-bond donors (Lipinski definition) is 2. The van der Waals surface area contributed by atoms with E-state index in [1.54, 1.807) is 0 Å². The van der Waals surface area contributed by atoms with E-state index in [-0.39, 0.29) is 13.2 Å². The molecule has 8 heteroatoms. The van der Waals surface area contributed by atoms with Gasteiger partial charge in [-0.25, -0.2) is 9.59 Å². The molecule has 122 valence electrons. The first-order valence-corrected chi connectivity index (χ1v) is 5.74. The second-order valence-corrected chi connectivity index (χ2v) is 3.59. The van der Waals surface area contributed by atoms with Crippen LogP contribution in [0.1, 0.15) is 20.8 Å². The van der Waals surface area contributed by atoms with Gasteiger partial charge in [-0.15, -0.1) is 0 Å². The maximum atomic E-state index is 11.3. The van der Waals surface area contributed by atoms with Gasteiger partial charge in [-0.1, -0.05) is 26.5 Å². The molecule has 2 amide bonds. The van der Waals surface area contributed by atoms with Gasteiger partial charge in [0.2, 0.25) is 0 Å². The summed E-state index contributed by atoms with van der Waals surface area (Å²) in [7, 11) is 1.36. The van der Waals surface area contributed by atoms with Crippen LogP contribution in [0.2, 0.25) is 0 Å². The van der Waals surface area contributed by atoms with E-state index in [0.29, 0.717) is 0 Å². The van der Waals surface area contributed by atoms with Crippen molar-refractivity contribution in [1.29, 1.82) is 0 Å². The van der Waals surface area contributed by atoms with E-state index in [0.717, 1.165) is 4.90 Å². The number of aliphatic carboxylic acids is 1. The van der Waals surface area contributed by atoms with E-state index in [9.17, 15) is 14.4 Å². The molecule has 0 aliphatic rings. The molecule has 7 nitrogen and oxygen atoms in total. The molecule has 0 radical (unpaired) electrons. The van der Waals surface area contributed by atoms with E-state index in [1.165, 1.54) is 26.5 Å². The third kappa shape index (κ3) is 7.31. The fraction of sp³-hybridized carbons (Fsp3) is 0.583. The Morgan fingerprint density at radius 2 is 2.00 bits per heavy atom. The van der Waals surface area contributed by atoms with Crippen molar-refractivity contribution in [3.05, 3.63) is 12.7 Å². The number of rotatable bonds is 7. The summed E-state index contributed by atoms with van der Waals surface area (Å²) in [5.74, 6) is -1.27. The van der Waals surface area contributed by atoms with E-state index < -0.39 is 17.6 Å². The quantitative estimate of drug-likeness (QED) is 0.288. The maximum Gasteiger partial charge on any atom is 0.409 e. The van der Waals surface area contributed by atoms with Gasteiger partial charge in [-0.2, -0.15) is 6.41 Å². The Kier molecular flexibility index (Phi) is 12.3. The van der Waals surface area contributed by atoms with Crippen LogP contribution < -0.4 is 5.32 Å². The smallest absolute Gasteiger partial charge is 0.409 e. The summed E-state index contributed by atoms with van der Waals surface area (Å²) >= 11 is 0. The number of amides is 2. The third-order valence-electron chi connectivity index (χ3n) is 1.99. The zero-order valence-corrected chi connectivity index (χ0v) is 14.4. The topological polar surface area (TPSA) is 95.9 Å². The molecule has 1 atom stereocenters. The third-order valence-corrected chi connectivity index (χ3v) is 1.99. The Labute approximate surface area is 113 Å². The van der Waals surface area contributed by atoms with Crippen molar-refractivity contribution >= 4 is 18.5 Å². The number of hydrogen-bond acceptors (Lipinski definition) is 4. The van der Waals surface area contributed by atoms with Gasteiger partial charge in [-0.3, -0.25) is 0 Å². The van der Waals surface area contributed by atoms with Crippen LogP contribution >= 0.6 is 0 Å². The number of carboxylic acid groups (broad SMARTS) is 1. The van der Waals surface area contributed by atoms with Crippen molar-refractivity contribution in [1.82, 2.24) is 10.2 Å². The molecular weight excluding hydrogens is 509 g/mol. The summed E-state index contributed by atoms with van der Waals surface area (Å²) in [6.07, 6.45) is 1.99. The molecule has 2 N–H and O–H groups in total. The number of carboxylic acids is 1. The zero-order chi connectivity index (χ0) is 15.5. The van der Waals surface area contributed by atoms with Crippen LogP contribution in [0.15, 0.2) is 12.7 Å². The zero-order valence-electron chi connectivity index (χ0n) is 12.0. The summed E-state index contributed by atoms with van der Waals surface area (Å²) < 4.78 is 4.71. The minimum absolute atomic E-state index is 0. The Hall–Kier alpha value is -3.05. The number of ether oxygens (including phenoxy) is 1. The molecule has 0 rings (SSSR count). The summed E-state index contributed by atoms with van der Waals surface area (Å²) in [5.41, 5.74) is -1.61. The van der Waals surface area contributed by atoms with Crippen LogP contribution in [0.4, 0.5) is 4.79 Å². The van der Waals surface area contributed by atoms with Gasteiger partial charge in [-0.05, 0) is 6.92 Å². The van der Waals surface area contributed by atoms with Crippen molar-refractivity contribution in [2.24, 2.45) is 0 Å². The van der Waals surface area contributed by atoms with E-state index >= 15 is 0 Å². The molecule has 0 fully saturated rings. The largest absolute Gasteiger partial charge is 0.520 e. The predicted molar refractivity (Wildman–Crippen MR) is 70.4 cm³/mol. The summed E-state index contributed by atoms with van der Waals surface area (Å²) in [6, 6.07) is 0. The van der Waals surface area contributed by atoms with Crippen molar-refractivity contribution in [3.8, 4) is 0 Å². The minimum Gasteiger partial charge on any atom is -0.520 e. The van der Waals surface area contributed by atoms with Gasteiger partial charge in [0.05, 0.1) is 6.54 Å². The van der Waals surface area contributed by atoms with Crippen LogP contribution in [0.25, 0.3) is 0 Å². The Bertz CT molecular complexity index is 325. The van der Waals surface area contributed by atoms with Gasteiger partial charge in [0.15, 0.2) is 0 Å². The molecule has 0 spiro atoms. The van der Waals surface area contributed by atoms with Crippen LogP contribution in [0.5, 0.6) is 0 Å². The number of nitrogens with zero attached hydrogens (tertiary/aromatic N) is 1. The van der Waals surface area contributed by atoms with Gasteiger partial charge in [0.25, 0.3) is 0 Å². The first-order chi connectivity index (χ1) is 8.87. The molecule has 0 saturated carbocycles. The van der Waals surface area contributed by atoms with Gasteiger partial charge in [0, 0.05) is 7.05 Å². The molecule has 0 heterocycles. The van der Waals surface area contributed by atoms with Crippen LogP contribution in [-0.4, -0.2) is 54.2 Å². The molecule has 0 saturated heterocycles. The first-order valence-electron chi connectivity index (χ1n) is 5.74. The first kappa shape index (κ1) is 22.2. The average molecular weight is 530 g/mol. The molecule has 0 aliphatic carbocycles. The fourth-order valence-corrected chi connectivity index (χ4v) is 1.05. The van der Waals surface area contributed by atoms with Crippen LogP contribution in [0, 0.1) is 0 Å². The van der Waals surface area contributed by atoms with E-state index in [1.807, 2.05) is 19.2 Å². The van der Waals surface area contributed by atoms with Crippen molar-refractivity contribution in [2.45, 2.75) is 26.3 Å². The molecule has 20 heavy (non-hydrogen) atoms. The second kappa shape index (κ2) is 11.1.